The first kappa shape index (κ1) is 32.2. The molecule has 0 bridgehead atoms. The minimum Gasteiger partial charge on any atom is -0.439 e. The molecule has 0 aliphatic heterocycles. The molecule has 4 heterocycles. The van der Waals surface area contributed by atoms with Gasteiger partial charge in [0.15, 0.2) is 0 Å². The van der Waals surface area contributed by atoms with Gasteiger partial charge in [0.05, 0.1) is 23.4 Å². The van der Waals surface area contributed by atoms with Gasteiger partial charge in [-0.1, -0.05) is 108 Å². The first-order valence-corrected chi connectivity index (χ1v) is 22.9. The largest absolute Gasteiger partial charge is 0.439 e. The van der Waals surface area contributed by atoms with Gasteiger partial charge in [-0.15, -0.1) is 5.10 Å². The molecule has 0 saturated heterocycles. The van der Waals surface area contributed by atoms with E-state index in [1.807, 2.05) is 48.5 Å². The highest BCUT2D eigenvalue weighted by molar-refractivity contribution is 7.01. The fourth-order valence-corrected chi connectivity index (χ4v) is 11.3. The van der Waals surface area contributed by atoms with Crippen LogP contribution >= 0.6 is 0 Å². The summed E-state index contributed by atoms with van der Waals surface area (Å²) in [5.41, 5.74) is 2.11. The number of pyridine rings is 2. The van der Waals surface area contributed by atoms with Crippen molar-refractivity contribution < 1.29 is 9.47 Å². The summed E-state index contributed by atoms with van der Waals surface area (Å²) in [6.07, 6.45) is 6.79. The smallest absolute Gasteiger partial charge is 0.254 e. The van der Waals surface area contributed by atoms with Gasteiger partial charge < -0.3 is 9.47 Å². The molecular weight excluding hydrogens is 665 g/mol. The fraction of sp³-hybridized carbons (Fsp3) is 0.0976. The highest BCUT2D eigenvalue weighted by Gasteiger charge is 2.30. The molecule has 0 fully saturated rings. The second kappa shape index (κ2) is 13.0. The van der Waals surface area contributed by atoms with Gasteiger partial charge in [-0.05, 0) is 48.5 Å². The summed E-state index contributed by atoms with van der Waals surface area (Å²) in [7, 11) is -4.38. The fourth-order valence-electron chi connectivity index (χ4n) is 6.64. The quantitative estimate of drug-likeness (QED) is 0.150. The van der Waals surface area contributed by atoms with E-state index in [1.54, 1.807) is 24.8 Å². The van der Waals surface area contributed by atoms with E-state index < -0.39 is 16.1 Å². The highest BCUT2D eigenvalue weighted by atomic mass is 28.3. The van der Waals surface area contributed by atoms with E-state index in [4.69, 9.17) is 14.5 Å². The third-order valence-electron chi connectivity index (χ3n) is 9.71. The van der Waals surface area contributed by atoms with Crippen molar-refractivity contribution in [1.82, 2.24) is 29.7 Å². The van der Waals surface area contributed by atoms with Crippen molar-refractivity contribution in [2.75, 3.05) is 0 Å². The summed E-state index contributed by atoms with van der Waals surface area (Å²) >= 11 is 0. The molecule has 8 nitrogen and oxygen atoms in total. The maximum Gasteiger partial charge on any atom is 0.254 e. The molecule has 250 valence electrons. The lowest BCUT2D eigenvalue weighted by molar-refractivity contribution is 0.463. The molecule has 0 saturated carbocycles. The minimum absolute atomic E-state index is 0.544. The molecule has 8 rings (SSSR count). The summed E-state index contributed by atoms with van der Waals surface area (Å²) in [6, 6.07) is 41.9. The zero-order chi connectivity index (χ0) is 35.0. The van der Waals surface area contributed by atoms with E-state index in [1.165, 1.54) is 20.7 Å². The van der Waals surface area contributed by atoms with Gasteiger partial charge in [0.25, 0.3) is 5.95 Å². The molecule has 0 atom stereocenters. The maximum atomic E-state index is 6.12. The Morgan fingerprint density at radius 2 is 0.980 bits per heavy atom. The number of rotatable bonds is 9. The van der Waals surface area contributed by atoms with E-state index in [9.17, 15) is 0 Å². The van der Waals surface area contributed by atoms with Crippen LogP contribution in [0.1, 0.15) is 0 Å². The van der Waals surface area contributed by atoms with Crippen molar-refractivity contribution >= 4 is 58.7 Å². The molecule has 0 aliphatic carbocycles. The summed E-state index contributed by atoms with van der Waals surface area (Å²) in [4.78, 5) is 13.4. The van der Waals surface area contributed by atoms with Crippen molar-refractivity contribution in [1.29, 1.82) is 0 Å². The molecule has 0 amide bonds. The molecule has 0 radical (unpaired) electrons. The molecule has 0 unspecified atom stereocenters. The summed E-state index contributed by atoms with van der Waals surface area (Å²) < 4.78 is 14.4. The van der Waals surface area contributed by atoms with Crippen molar-refractivity contribution in [3.05, 3.63) is 146 Å². The zero-order valence-electron chi connectivity index (χ0n) is 28.9. The Kier molecular flexibility index (Phi) is 8.25. The Morgan fingerprint density at radius 1 is 0.471 bits per heavy atom. The van der Waals surface area contributed by atoms with Crippen LogP contribution in [0.5, 0.6) is 23.3 Å². The third kappa shape index (κ3) is 6.20. The number of fused-ring (bicyclic) bond motifs is 3. The number of nitrogens with zero attached hydrogens (tertiary/aromatic N) is 6. The van der Waals surface area contributed by atoms with Crippen LogP contribution in [0, 0.1) is 0 Å². The van der Waals surface area contributed by atoms with Gasteiger partial charge in [0.2, 0.25) is 11.8 Å². The van der Waals surface area contributed by atoms with Crippen LogP contribution in [-0.2, 0) is 0 Å². The van der Waals surface area contributed by atoms with Crippen molar-refractivity contribution in [2.24, 2.45) is 0 Å². The monoisotopic (exact) mass is 700 g/mol. The van der Waals surface area contributed by atoms with E-state index in [2.05, 4.69) is 124 Å². The molecule has 0 spiro atoms. The van der Waals surface area contributed by atoms with Gasteiger partial charge >= 0.3 is 0 Å². The minimum atomic E-state index is -2.19. The summed E-state index contributed by atoms with van der Waals surface area (Å²) in [6.45, 7) is 9.50. The number of aromatic nitrogens is 6. The Bertz CT molecular complexity index is 2340. The van der Waals surface area contributed by atoms with Crippen LogP contribution in [0.25, 0.3) is 27.8 Å². The van der Waals surface area contributed by atoms with Crippen LogP contribution < -0.4 is 30.2 Å². The van der Waals surface area contributed by atoms with Gasteiger partial charge in [0, 0.05) is 35.3 Å². The van der Waals surface area contributed by atoms with Crippen molar-refractivity contribution in [3.63, 3.8) is 0 Å². The molecule has 0 aliphatic rings. The standard InChI is InChI=1S/C41H36N6O2Si2/c1-50(2,31-13-9-11-29(25-31)48-39-15-5-7-21-42-39)33-17-19-35-36-20-18-34(28-38(36)47(37(35)27-33)41-44-23-24-45-46-41)51(3,4)32-14-10-12-30(26-32)49-40-16-6-8-22-43-40/h5-28H,1-4H3. The van der Waals surface area contributed by atoms with Crippen molar-refractivity contribution in [2.45, 2.75) is 26.2 Å². The first-order chi connectivity index (χ1) is 24.8. The lowest BCUT2D eigenvalue weighted by atomic mass is 10.1. The normalized spacial score (nSPS) is 11.9. The zero-order valence-corrected chi connectivity index (χ0v) is 30.9. The molecule has 10 heteroatoms. The van der Waals surface area contributed by atoms with Crippen LogP contribution in [-0.4, -0.2) is 45.9 Å². The maximum absolute atomic E-state index is 6.12. The molecule has 8 aromatic rings. The van der Waals surface area contributed by atoms with Gasteiger partial charge in [-0.2, -0.15) is 5.10 Å². The molecule has 4 aromatic heterocycles. The Balaban J connectivity index is 1.22. The average molecular weight is 701 g/mol. The van der Waals surface area contributed by atoms with Gasteiger partial charge in [0.1, 0.15) is 27.6 Å². The number of benzene rings is 4. The van der Waals surface area contributed by atoms with Crippen LogP contribution in [0.3, 0.4) is 0 Å². The van der Waals surface area contributed by atoms with Crippen LogP contribution in [0.15, 0.2) is 146 Å². The highest BCUT2D eigenvalue weighted by Crippen LogP contribution is 2.31. The van der Waals surface area contributed by atoms with E-state index >= 15 is 0 Å². The molecular formula is C41H36N6O2Si2. The molecule has 4 aromatic carbocycles. The second-order valence-corrected chi connectivity index (χ2v) is 22.4. The Labute approximate surface area is 298 Å². The molecule has 0 N–H and O–H groups in total. The number of ether oxygens (including phenoxy) is 2. The lowest BCUT2D eigenvalue weighted by Gasteiger charge is -2.24. The van der Waals surface area contributed by atoms with Gasteiger partial charge in [-0.25, -0.2) is 15.0 Å². The molecule has 51 heavy (non-hydrogen) atoms. The Hall–Kier alpha value is -5.98. The predicted molar refractivity (Wildman–Crippen MR) is 209 cm³/mol. The van der Waals surface area contributed by atoms with E-state index in [0.717, 1.165) is 33.3 Å². The third-order valence-corrected chi connectivity index (χ3v) is 16.7. The Morgan fingerprint density at radius 3 is 1.43 bits per heavy atom. The van der Waals surface area contributed by atoms with Crippen LogP contribution in [0.4, 0.5) is 0 Å². The topological polar surface area (TPSA) is 87.8 Å². The van der Waals surface area contributed by atoms with Crippen LogP contribution in [0.2, 0.25) is 26.2 Å². The van der Waals surface area contributed by atoms with Gasteiger partial charge in [-0.3, -0.25) is 4.57 Å². The van der Waals surface area contributed by atoms with E-state index in [0.29, 0.717) is 17.7 Å². The second-order valence-electron chi connectivity index (χ2n) is 13.6. The average Bonchev–Trinajstić information content (AvgIpc) is 3.49. The number of hydrogen-bond donors (Lipinski definition) is 0. The SMILES string of the molecule is C[Si](C)(c1cccc(Oc2ccccn2)c1)c1ccc2c3ccc([Si](C)(C)c4cccc(Oc5ccccn5)c4)cc3n(-c3nccnn3)c2c1. The van der Waals surface area contributed by atoms with Crippen molar-refractivity contribution in [3.8, 4) is 29.2 Å². The lowest BCUT2D eigenvalue weighted by Crippen LogP contribution is -2.52. The predicted octanol–water partition coefficient (Wildman–Crippen LogP) is 6.99. The first-order valence-electron chi connectivity index (χ1n) is 16.9. The summed E-state index contributed by atoms with van der Waals surface area (Å²) in [5.74, 6) is 3.25. The summed E-state index contributed by atoms with van der Waals surface area (Å²) in [5, 5.41) is 16.1. The number of hydrogen-bond acceptors (Lipinski definition) is 7. The van der Waals surface area contributed by atoms with E-state index in [-0.39, 0.29) is 0 Å².